The van der Waals surface area contributed by atoms with E-state index >= 15 is 0 Å². The number of anilines is 1. The highest BCUT2D eigenvalue weighted by molar-refractivity contribution is 6.04. The fourth-order valence-corrected chi connectivity index (χ4v) is 3.96. The minimum absolute atomic E-state index is 0.00473. The normalized spacial score (nSPS) is 19.2. The Hall–Kier alpha value is -2.04. The Morgan fingerprint density at radius 1 is 0.731 bits per heavy atom. The van der Waals surface area contributed by atoms with Gasteiger partial charge in [-0.25, -0.2) is 0 Å². The molecule has 1 aromatic carbocycles. The van der Waals surface area contributed by atoms with Gasteiger partial charge in [0.1, 0.15) is 5.41 Å². The molecule has 26 heavy (non-hydrogen) atoms. The molecule has 2 heterocycles. The van der Waals surface area contributed by atoms with Gasteiger partial charge in [0.25, 0.3) is 0 Å². The zero-order chi connectivity index (χ0) is 18.6. The molecular weight excluding hydrogens is 326 g/mol. The topological polar surface area (TPSA) is 43.9 Å². The third kappa shape index (κ3) is 4.02. The summed E-state index contributed by atoms with van der Waals surface area (Å²) in [6.45, 7) is 8.13. The maximum atomic E-state index is 13.1. The molecule has 0 radical (unpaired) electrons. The van der Waals surface area contributed by atoms with Gasteiger partial charge >= 0.3 is 0 Å². The number of rotatable bonds is 3. The minimum Gasteiger partial charge on any atom is -0.368 e. The molecule has 0 aromatic heterocycles. The van der Waals surface area contributed by atoms with E-state index in [-0.39, 0.29) is 11.8 Å². The average Bonchev–Trinajstić information content (AvgIpc) is 2.97. The van der Waals surface area contributed by atoms with Crippen molar-refractivity contribution < 1.29 is 9.59 Å². The van der Waals surface area contributed by atoms with E-state index in [0.717, 1.165) is 39.0 Å². The molecule has 0 spiro atoms. The largest absolute Gasteiger partial charge is 0.368 e. The summed E-state index contributed by atoms with van der Waals surface area (Å²) >= 11 is 0. The van der Waals surface area contributed by atoms with Crippen molar-refractivity contribution in [3.8, 4) is 0 Å². The Labute approximate surface area is 156 Å². The number of piperazine rings is 1. The van der Waals surface area contributed by atoms with Crippen LogP contribution in [-0.2, 0) is 9.59 Å². The number of hydrogen-bond donors (Lipinski definition) is 0. The Morgan fingerprint density at radius 3 is 1.77 bits per heavy atom. The first-order chi connectivity index (χ1) is 12.5. The van der Waals surface area contributed by atoms with Crippen LogP contribution in [0.15, 0.2) is 30.3 Å². The van der Waals surface area contributed by atoms with Gasteiger partial charge in [-0.15, -0.1) is 0 Å². The molecule has 0 atom stereocenters. The molecule has 3 rings (SSSR count). The van der Waals surface area contributed by atoms with E-state index in [9.17, 15) is 9.59 Å². The first-order valence-electron chi connectivity index (χ1n) is 9.89. The van der Waals surface area contributed by atoms with Gasteiger partial charge in [0.15, 0.2) is 0 Å². The molecule has 2 saturated heterocycles. The van der Waals surface area contributed by atoms with Crippen molar-refractivity contribution in [2.45, 2.75) is 39.5 Å². The van der Waals surface area contributed by atoms with E-state index in [1.165, 1.54) is 18.5 Å². The van der Waals surface area contributed by atoms with Crippen LogP contribution in [0.5, 0.6) is 0 Å². The lowest BCUT2D eigenvalue weighted by Gasteiger charge is -2.40. The van der Waals surface area contributed by atoms with Gasteiger partial charge in [-0.05, 0) is 38.8 Å². The highest BCUT2D eigenvalue weighted by Gasteiger charge is 2.42. The van der Waals surface area contributed by atoms with Crippen molar-refractivity contribution in [1.82, 2.24) is 9.80 Å². The van der Waals surface area contributed by atoms with Gasteiger partial charge in [0.05, 0.1) is 0 Å². The lowest BCUT2D eigenvalue weighted by Crippen LogP contribution is -2.56. The number of para-hydroxylation sites is 1. The fourth-order valence-electron chi connectivity index (χ4n) is 3.96. The summed E-state index contributed by atoms with van der Waals surface area (Å²) in [6, 6.07) is 10.3. The van der Waals surface area contributed by atoms with Crippen LogP contribution in [0.3, 0.4) is 0 Å². The molecule has 0 aliphatic carbocycles. The minimum atomic E-state index is -0.973. The van der Waals surface area contributed by atoms with Gasteiger partial charge < -0.3 is 14.7 Å². The van der Waals surface area contributed by atoms with Gasteiger partial charge in [-0.2, -0.15) is 0 Å². The number of hydrogen-bond acceptors (Lipinski definition) is 3. The van der Waals surface area contributed by atoms with Crippen molar-refractivity contribution in [1.29, 1.82) is 0 Å². The van der Waals surface area contributed by atoms with Crippen molar-refractivity contribution in [2.75, 3.05) is 44.2 Å². The molecule has 0 bridgehead atoms. The van der Waals surface area contributed by atoms with Crippen molar-refractivity contribution in [3.05, 3.63) is 30.3 Å². The number of carbonyl (C=O) groups excluding carboxylic acids is 2. The molecule has 2 fully saturated rings. The molecule has 0 saturated carbocycles. The lowest BCUT2D eigenvalue weighted by atomic mass is 9.89. The van der Waals surface area contributed by atoms with Crippen LogP contribution in [0.2, 0.25) is 0 Å². The summed E-state index contributed by atoms with van der Waals surface area (Å²) < 4.78 is 0. The molecule has 2 amide bonds. The molecule has 5 heteroatoms. The van der Waals surface area contributed by atoms with Crippen LogP contribution in [-0.4, -0.2) is 60.9 Å². The van der Waals surface area contributed by atoms with E-state index < -0.39 is 5.41 Å². The zero-order valence-corrected chi connectivity index (χ0v) is 16.1. The van der Waals surface area contributed by atoms with Crippen LogP contribution < -0.4 is 4.90 Å². The standard InChI is InChI=1S/C21H31N3O2/c1-21(2,19(25)23-12-8-3-4-9-13-23)20(26)24-16-14-22(15-17-24)18-10-6-5-7-11-18/h5-7,10-11H,3-4,8-9,12-17H2,1-2H3. The molecule has 2 aliphatic heterocycles. The molecular formula is C21H31N3O2. The summed E-state index contributed by atoms with van der Waals surface area (Å²) in [5.41, 5.74) is 0.221. The maximum Gasteiger partial charge on any atom is 0.237 e. The third-order valence-electron chi connectivity index (χ3n) is 5.65. The second-order valence-electron chi connectivity index (χ2n) is 7.95. The van der Waals surface area contributed by atoms with E-state index in [1.54, 1.807) is 13.8 Å². The third-order valence-corrected chi connectivity index (χ3v) is 5.65. The summed E-state index contributed by atoms with van der Waals surface area (Å²) in [4.78, 5) is 32.2. The fraction of sp³-hybridized carbons (Fsp3) is 0.619. The molecule has 5 nitrogen and oxygen atoms in total. The Bertz CT molecular complexity index is 613. The van der Waals surface area contributed by atoms with E-state index in [4.69, 9.17) is 0 Å². The van der Waals surface area contributed by atoms with E-state index in [1.807, 2.05) is 28.0 Å². The number of amides is 2. The first-order valence-corrected chi connectivity index (χ1v) is 9.89. The zero-order valence-electron chi connectivity index (χ0n) is 16.1. The van der Waals surface area contributed by atoms with Crippen LogP contribution in [0, 0.1) is 5.41 Å². The van der Waals surface area contributed by atoms with Crippen molar-refractivity contribution in [3.63, 3.8) is 0 Å². The van der Waals surface area contributed by atoms with E-state index in [0.29, 0.717) is 13.1 Å². The lowest BCUT2D eigenvalue weighted by molar-refractivity contribution is -0.154. The summed E-state index contributed by atoms with van der Waals surface area (Å²) in [6.07, 6.45) is 4.46. The second-order valence-corrected chi connectivity index (χ2v) is 7.95. The maximum absolute atomic E-state index is 13.1. The van der Waals surface area contributed by atoms with Crippen molar-refractivity contribution >= 4 is 17.5 Å². The smallest absolute Gasteiger partial charge is 0.237 e. The number of benzene rings is 1. The van der Waals surface area contributed by atoms with Crippen LogP contribution in [0.25, 0.3) is 0 Å². The van der Waals surface area contributed by atoms with Gasteiger partial charge in [-0.1, -0.05) is 31.0 Å². The van der Waals surface area contributed by atoms with E-state index in [2.05, 4.69) is 17.0 Å². The van der Waals surface area contributed by atoms with Gasteiger partial charge in [0.2, 0.25) is 11.8 Å². The second kappa shape index (κ2) is 8.11. The average molecular weight is 357 g/mol. The molecule has 2 aliphatic rings. The highest BCUT2D eigenvalue weighted by atomic mass is 16.2. The van der Waals surface area contributed by atoms with Gasteiger partial charge in [-0.3, -0.25) is 9.59 Å². The quantitative estimate of drug-likeness (QED) is 0.782. The molecule has 0 N–H and O–H groups in total. The summed E-state index contributed by atoms with van der Waals surface area (Å²) in [5, 5.41) is 0. The molecule has 0 unspecified atom stereocenters. The Morgan fingerprint density at radius 2 is 1.23 bits per heavy atom. The van der Waals surface area contributed by atoms with Crippen molar-refractivity contribution in [2.24, 2.45) is 5.41 Å². The highest BCUT2D eigenvalue weighted by Crippen LogP contribution is 2.26. The molecule has 1 aromatic rings. The number of nitrogens with zero attached hydrogens (tertiary/aromatic N) is 3. The van der Waals surface area contributed by atoms with Gasteiger partial charge in [0, 0.05) is 45.0 Å². The number of carbonyl (C=O) groups is 2. The summed E-state index contributed by atoms with van der Waals surface area (Å²) in [7, 11) is 0. The summed E-state index contributed by atoms with van der Waals surface area (Å²) in [5.74, 6) is -0.0330. The SMILES string of the molecule is CC(C)(C(=O)N1CCCCCC1)C(=O)N1CCN(c2ccccc2)CC1. The van der Waals surface area contributed by atoms with Crippen LogP contribution in [0.1, 0.15) is 39.5 Å². The first kappa shape index (κ1) is 18.7. The number of likely N-dealkylation sites (tertiary alicyclic amines) is 1. The monoisotopic (exact) mass is 357 g/mol. The van der Waals surface area contributed by atoms with Crippen LogP contribution in [0.4, 0.5) is 5.69 Å². The Kier molecular flexibility index (Phi) is 5.84. The predicted octanol–water partition coefficient (Wildman–Crippen LogP) is 2.76. The molecule has 142 valence electrons. The predicted molar refractivity (Wildman–Crippen MR) is 104 cm³/mol. The Balaban J connectivity index is 1.60. The van der Waals surface area contributed by atoms with Crippen LogP contribution >= 0.6 is 0 Å².